The number of thiazole rings is 1. The van der Waals surface area contributed by atoms with Gasteiger partial charge in [-0.1, -0.05) is 19.9 Å². The second kappa shape index (κ2) is 9.71. The number of ether oxygens (including phenoxy) is 2. The zero-order valence-corrected chi connectivity index (χ0v) is 17.7. The molecule has 0 unspecified atom stereocenters. The van der Waals surface area contributed by atoms with Crippen molar-refractivity contribution in [2.45, 2.75) is 20.8 Å². The standard InChI is InChI=1S/C20H26N4O4S/c1-13(2)11-28-17-10-14(3)4-5-15(17)21-19(26)23-20-22-16(12-29-20)18(25)24-6-8-27-9-7-24/h4-5,10,12-13H,6-9,11H2,1-3H3,(H2,21,22,23,26). The summed E-state index contributed by atoms with van der Waals surface area (Å²) in [6.07, 6.45) is 0. The molecule has 29 heavy (non-hydrogen) atoms. The van der Waals surface area contributed by atoms with E-state index >= 15 is 0 Å². The van der Waals surface area contributed by atoms with E-state index in [1.54, 1.807) is 16.3 Å². The Morgan fingerprint density at radius 2 is 2.03 bits per heavy atom. The lowest BCUT2D eigenvalue weighted by atomic mass is 10.2. The maximum atomic E-state index is 12.5. The van der Waals surface area contributed by atoms with Crippen molar-refractivity contribution in [3.8, 4) is 5.75 Å². The molecule has 0 bridgehead atoms. The van der Waals surface area contributed by atoms with E-state index in [2.05, 4.69) is 29.5 Å². The third-order valence-electron chi connectivity index (χ3n) is 4.20. The van der Waals surface area contributed by atoms with Gasteiger partial charge < -0.3 is 19.7 Å². The maximum Gasteiger partial charge on any atom is 0.325 e. The molecule has 1 aromatic heterocycles. The van der Waals surface area contributed by atoms with Crippen molar-refractivity contribution in [1.82, 2.24) is 9.88 Å². The fourth-order valence-corrected chi connectivity index (χ4v) is 3.40. The van der Waals surface area contributed by atoms with Gasteiger partial charge in [0.2, 0.25) is 0 Å². The zero-order chi connectivity index (χ0) is 20.8. The van der Waals surface area contributed by atoms with E-state index in [0.717, 1.165) is 5.56 Å². The molecule has 2 heterocycles. The Morgan fingerprint density at radius 3 is 2.76 bits per heavy atom. The minimum atomic E-state index is -0.442. The molecule has 0 radical (unpaired) electrons. The van der Waals surface area contributed by atoms with E-state index in [9.17, 15) is 9.59 Å². The molecule has 1 fully saturated rings. The molecule has 2 N–H and O–H groups in total. The summed E-state index contributed by atoms with van der Waals surface area (Å²) in [5.41, 5.74) is 1.94. The van der Waals surface area contributed by atoms with Crippen LogP contribution in [0.3, 0.4) is 0 Å². The van der Waals surface area contributed by atoms with Gasteiger partial charge in [-0.3, -0.25) is 10.1 Å². The molecule has 0 spiro atoms. The number of benzene rings is 1. The summed E-state index contributed by atoms with van der Waals surface area (Å²) < 4.78 is 11.1. The highest BCUT2D eigenvalue weighted by atomic mass is 32.1. The molecule has 0 aliphatic carbocycles. The first-order chi connectivity index (χ1) is 13.9. The molecule has 1 aliphatic heterocycles. The zero-order valence-electron chi connectivity index (χ0n) is 16.9. The second-order valence-corrected chi connectivity index (χ2v) is 8.08. The highest BCUT2D eigenvalue weighted by Crippen LogP contribution is 2.27. The number of nitrogens with one attached hydrogen (secondary N) is 2. The third kappa shape index (κ3) is 5.91. The van der Waals surface area contributed by atoms with Crippen LogP contribution in [0.25, 0.3) is 0 Å². The summed E-state index contributed by atoms with van der Waals surface area (Å²) in [6.45, 7) is 8.80. The SMILES string of the molecule is Cc1ccc(NC(=O)Nc2nc(C(=O)N3CCOCC3)cs2)c(OCC(C)C)c1. The minimum absolute atomic E-state index is 0.152. The fraction of sp³-hybridized carbons (Fsp3) is 0.450. The van der Waals surface area contributed by atoms with Crippen LogP contribution >= 0.6 is 11.3 Å². The van der Waals surface area contributed by atoms with E-state index < -0.39 is 6.03 Å². The number of urea groups is 1. The first-order valence-electron chi connectivity index (χ1n) is 9.56. The molecule has 0 saturated carbocycles. The van der Waals surface area contributed by atoms with Gasteiger partial charge in [-0.05, 0) is 30.5 Å². The minimum Gasteiger partial charge on any atom is -0.491 e. The van der Waals surface area contributed by atoms with Crippen LogP contribution in [0.1, 0.15) is 29.9 Å². The number of hydrogen-bond acceptors (Lipinski definition) is 6. The number of hydrogen-bond donors (Lipinski definition) is 2. The number of carbonyl (C=O) groups excluding carboxylic acids is 2. The molecule has 2 aromatic rings. The molecule has 9 heteroatoms. The molecule has 156 valence electrons. The smallest absolute Gasteiger partial charge is 0.325 e. The molecule has 3 amide bonds. The summed E-state index contributed by atoms with van der Waals surface area (Å²) in [4.78, 5) is 30.8. The first-order valence-corrected chi connectivity index (χ1v) is 10.4. The maximum absolute atomic E-state index is 12.5. The lowest BCUT2D eigenvalue weighted by molar-refractivity contribution is 0.0299. The van der Waals surface area contributed by atoms with Gasteiger partial charge in [0, 0.05) is 18.5 Å². The Kier molecular flexibility index (Phi) is 7.05. The van der Waals surface area contributed by atoms with Gasteiger partial charge in [0.25, 0.3) is 5.91 Å². The quantitative estimate of drug-likeness (QED) is 0.748. The summed E-state index contributed by atoms with van der Waals surface area (Å²) in [5.74, 6) is 0.840. The Morgan fingerprint density at radius 1 is 1.28 bits per heavy atom. The number of nitrogens with zero attached hydrogens (tertiary/aromatic N) is 2. The van der Waals surface area contributed by atoms with Crippen LogP contribution in [0.2, 0.25) is 0 Å². The van der Waals surface area contributed by atoms with Crippen molar-refractivity contribution in [3.63, 3.8) is 0 Å². The Bertz CT molecular complexity index is 862. The average Bonchev–Trinajstić information content (AvgIpc) is 3.16. The molecule has 1 saturated heterocycles. The predicted octanol–water partition coefficient (Wildman–Crippen LogP) is 3.60. The Hall–Kier alpha value is -2.65. The van der Waals surface area contributed by atoms with Gasteiger partial charge in [-0.2, -0.15) is 0 Å². The van der Waals surface area contributed by atoms with Crippen LogP contribution in [-0.4, -0.2) is 54.7 Å². The third-order valence-corrected chi connectivity index (χ3v) is 4.96. The highest BCUT2D eigenvalue weighted by Gasteiger charge is 2.21. The van der Waals surface area contributed by atoms with Crippen molar-refractivity contribution < 1.29 is 19.1 Å². The largest absolute Gasteiger partial charge is 0.491 e. The van der Waals surface area contributed by atoms with Crippen molar-refractivity contribution >= 4 is 34.1 Å². The van der Waals surface area contributed by atoms with Crippen LogP contribution in [0.5, 0.6) is 5.75 Å². The van der Waals surface area contributed by atoms with Crippen molar-refractivity contribution in [2.75, 3.05) is 43.5 Å². The molecule has 0 atom stereocenters. The number of anilines is 2. The number of amides is 3. The molecular formula is C20H26N4O4S. The highest BCUT2D eigenvalue weighted by molar-refractivity contribution is 7.14. The first kappa shape index (κ1) is 21.1. The molecule has 3 rings (SSSR count). The van der Waals surface area contributed by atoms with Crippen LogP contribution in [0.15, 0.2) is 23.6 Å². The number of morpholine rings is 1. The molecule has 1 aliphatic rings. The summed E-state index contributed by atoms with van der Waals surface area (Å²) in [6, 6.07) is 5.16. The number of carbonyl (C=O) groups is 2. The van der Waals surface area contributed by atoms with Crippen LogP contribution in [0, 0.1) is 12.8 Å². The van der Waals surface area contributed by atoms with Crippen LogP contribution in [0.4, 0.5) is 15.6 Å². The van der Waals surface area contributed by atoms with E-state index in [1.807, 2.05) is 19.1 Å². The van der Waals surface area contributed by atoms with Gasteiger partial charge in [0.05, 0.1) is 25.5 Å². The van der Waals surface area contributed by atoms with E-state index in [4.69, 9.17) is 9.47 Å². The summed E-state index contributed by atoms with van der Waals surface area (Å²) in [7, 11) is 0. The van der Waals surface area contributed by atoms with Crippen molar-refractivity contribution in [2.24, 2.45) is 5.92 Å². The lowest BCUT2D eigenvalue weighted by Crippen LogP contribution is -2.40. The van der Waals surface area contributed by atoms with Crippen molar-refractivity contribution in [3.05, 3.63) is 34.8 Å². The van der Waals surface area contributed by atoms with Gasteiger partial charge in [0.1, 0.15) is 11.4 Å². The Balaban J connectivity index is 1.61. The topological polar surface area (TPSA) is 92.8 Å². The van der Waals surface area contributed by atoms with Gasteiger partial charge in [-0.25, -0.2) is 9.78 Å². The van der Waals surface area contributed by atoms with E-state index in [-0.39, 0.29) is 5.91 Å². The lowest BCUT2D eigenvalue weighted by Gasteiger charge is -2.25. The second-order valence-electron chi connectivity index (χ2n) is 7.23. The Labute approximate surface area is 174 Å². The van der Waals surface area contributed by atoms with Gasteiger partial charge in [0.15, 0.2) is 5.13 Å². The van der Waals surface area contributed by atoms with Crippen LogP contribution < -0.4 is 15.4 Å². The summed E-state index contributed by atoms with van der Waals surface area (Å²) in [5, 5.41) is 7.48. The van der Waals surface area contributed by atoms with Crippen molar-refractivity contribution in [1.29, 1.82) is 0 Å². The normalized spacial score (nSPS) is 14.0. The average molecular weight is 419 g/mol. The molecular weight excluding hydrogens is 392 g/mol. The summed E-state index contributed by atoms with van der Waals surface area (Å²) >= 11 is 1.21. The molecule has 8 nitrogen and oxygen atoms in total. The van der Waals surface area contributed by atoms with E-state index in [1.165, 1.54) is 11.3 Å². The van der Waals surface area contributed by atoms with Crippen LogP contribution in [-0.2, 0) is 4.74 Å². The monoisotopic (exact) mass is 418 g/mol. The van der Waals surface area contributed by atoms with Gasteiger partial charge in [-0.15, -0.1) is 11.3 Å². The number of aryl methyl sites for hydroxylation is 1. The number of aromatic nitrogens is 1. The predicted molar refractivity (Wildman–Crippen MR) is 113 cm³/mol. The van der Waals surface area contributed by atoms with E-state index in [0.29, 0.717) is 61.1 Å². The molecule has 1 aromatic carbocycles. The number of rotatable bonds is 6. The fourth-order valence-electron chi connectivity index (χ4n) is 2.72. The van der Waals surface area contributed by atoms with Gasteiger partial charge >= 0.3 is 6.03 Å².